The molecule has 0 saturated heterocycles. The molecular weight excluding hydrogens is 207 g/mol. The van der Waals surface area contributed by atoms with Crippen LogP contribution in [0, 0.1) is 5.82 Å². The molecule has 3 heteroatoms. The Morgan fingerprint density at radius 3 is 2.88 bits per heavy atom. The molecule has 0 saturated carbocycles. The Kier molecular flexibility index (Phi) is 5.57. The molecule has 0 amide bonds. The van der Waals surface area contributed by atoms with Crippen molar-refractivity contribution in [1.29, 1.82) is 0 Å². The molecule has 0 spiro atoms. The van der Waals surface area contributed by atoms with Gasteiger partial charge in [0.2, 0.25) is 0 Å². The van der Waals surface area contributed by atoms with Crippen molar-refractivity contribution >= 4 is 6.08 Å². The van der Waals surface area contributed by atoms with Crippen LogP contribution in [0.3, 0.4) is 0 Å². The molecule has 1 rings (SSSR count). The molecule has 0 atom stereocenters. The lowest BCUT2D eigenvalue weighted by Gasteiger charge is -2.06. The van der Waals surface area contributed by atoms with E-state index in [1.54, 1.807) is 24.3 Å². The van der Waals surface area contributed by atoms with Crippen LogP contribution in [-0.2, 0) is 0 Å². The summed E-state index contributed by atoms with van der Waals surface area (Å²) in [5.74, 6) is -0.0780. The van der Waals surface area contributed by atoms with Crippen molar-refractivity contribution in [1.82, 2.24) is 0 Å². The number of benzene rings is 1. The zero-order chi connectivity index (χ0) is 11.8. The van der Waals surface area contributed by atoms with Crippen molar-refractivity contribution in [2.75, 3.05) is 13.2 Å². The van der Waals surface area contributed by atoms with E-state index in [0.717, 1.165) is 18.4 Å². The number of hydrogen-bond acceptors (Lipinski definition) is 2. The van der Waals surface area contributed by atoms with E-state index in [-0.39, 0.29) is 18.2 Å². The zero-order valence-corrected chi connectivity index (χ0v) is 9.45. The predicted molar refractivity (Wildman–Crippen MR) is 62.9 cm³/mol. The molecule has 0 aliphatic carbocycles. The molecule has 88 valence electrons. The molecule has 0 aliphatic rings. The van der Waals surface area contributed by atoms with Gasteiger partial charge < -0.3 is 9.84 Å². The number of ether oxygens (including phenoxy) is 1. The van der Waals surface area contributed by atoms with Gasteiger partial charge in [0.05, 0.1) is 13.2 Å². The Balaban J connectivity index is 2.64. The molecular formula is C13H17FO2. The van der Waals surface area contributed by atoms with Crippen molar-refractivity contribution in [3.05, 3.63) is 35.7 Å². The number of rotatable bonds is 6. The first kappa shape index (κ1) is 12.7. The number of unbranched alkanes of at least 4 members (excludes halogenated alkanes) is 1. The average Bonchev–Trinajstić information content (AvgIpc) is 2.29. The Bertz CT molecular complexity index is 348. The second-order valence-corrected chi connectivity index (χ2v) is 3.48. The number of hydrogen-bond donors (Lipinski definition) is 1. The fraction of sp³-hybridized carbons (Fsp3) is 0.385. The van der Waals surface area contributed by atoms with Crippen molar-refractivity contribution in [2.45, 2.75) is 19.8 Å². The molecule has 2 nitrogen and oxygen atoms in total. The van der Waals surface area contributed by atoms with Gasteiger partial charge in [-0.2, -0.15) is 0 Å². The van der Waals surface area contributed by atoms with Crippen LogP contribution in [0.25, 0.3) is 6.08 Å². The molecule has 0 aromatic heterocycles. The topological polar surface area (TPSA) is 29.5 Å². The van der Waals surface area contributed by atoms with Crippen LogP contribution < -0.4 is 4.74 Å². The van der Waals surface area contributed by atoms with Gasteiger partial charge in [-0.3, -0.25) is 0 Å². The van der Waals surface area contributed by atoms with Crippen LogP contribution in [0.1, 0.15) is 25.3 Å². The lowest BCUT2D eigenvalue weighted by molar-refractivity contribution is 0.294. The monoisotopic (exact) mass is 224 g/mol. The third-order valence-corrected chi connectivity index (χ3v) is 2.13. The summed E-state index contributed by atoms with van der Waals surface area (Å²) >= 11 is 0. The van der Waals surface area contributed by atoms with E-state index in [1.807, 2.05) is 0 Å². The highest BCUT2D eigenvalue weighted by Crippen LogP contribution is 2.19. The van der Waals surface area contributed by atoms with Gasteiger partial charge in [-0.15, -0.1) is 0 Å². The standard InChI is InChI=1S/C13H17FO2/c1-2-3-9-16-13-7-6-11(5-4-8-15)10-12(13)14/h4-7,10,15H,2-3,8-9H2,1H3/b5-4+. The summed E-state index contributed by atoms with van der Waals surface area (Å²) in [6.45, 7) is 2.55. The van der Waals surface area contributed by atoms with E-state index in [0.29, 0.717) is 6.61 Å². The number of halogens is 1. The smallest absolute Gasteiger partial charge is 0.165 e. The summed E-state index contributed by atoms with van der Waals surface area (Å²) in [6, 6.07) is 4.77. The number of aliphatic hydroxyl groups is 1. The second-order valence-electron chi connectivity index (χ2n) is 3.48. The van der Waals surface area contributed by atoms with Crippen molar-refractivity contribution in [3.63, 3.8) is 0 Å². The molecule has 0 fully saturated rings. The summed E-state index contributed by atoms with van der Waals surface area (Å²) in [4.78, 5) is 0. The fourth-order valence-corrected chi connectivity index (χ4v) is 1.25. The Morgan fingerprint density at radius 2 is 2.25 bits per heavy atom. The number of aliphatic hydroxyl groups excluding tert-OH is 1. The van der Waals surface area contributed by atoms with E-state index < -0.39 is 0 Å². The summed E-state index contributed by atoms with van der Waals surface area (Å²) < 4.78 is 18.8. The highest BCUT2D eigenvalue weighted by Gasteiger charge is 2.02. The minimum absolute atomic E-state index is 0.0453. The van der Waals surface area contributed by atoms with Gasteiger partial charge in [0.15, 0.2) is 11.6 Å². The quantitative estimate of drug-likeness (QED) is 0.753. The lowest BCUT2D eigenvalue weighted by atomic mass is 10.2. The molecule has 0 bridgehead atoms. The SMILES string of the molecule is CCCCOc1ccc(/C=C/CO)cc1F. The lowest BCUT2D eigenvalue weighted by Crippen LogP contribution is -1.98. The maximum Gasteiger partial charge on any atom is 0.165 e. The molecule has 0 unspecified atom stereocenters. The molecule has 0 aliphatic heterocycles. The van der Waals surface area contributed by atoms with E-state index >= 15 is 0 Å². The average molecular weight is 224 g/mol. The summed E-state index contributed by atoms with van der Waals surface area (Å²) in [6.07, 6.45) is 5.18. The first-order chi connectivity index (χ1) is 7.77. The minimum atomic E-state index is -0.365. The van der Waals surface area contributed by atoms with Crippen LogP contribution >= 0.6 is 0 Å². The Labute approximate surface area is 95.4 Å². The minimum Gasteiger partial charge on any atom is -0.491 e. The van der Waals surface area contributed by atoms with E-state index in [9.17, 15) is 4.39 Å². The fourth-order valence-electron chi connectivity index (χ4n) is 1.25. The molecule has 1 N–H and O–H groups in total. The normalized spacial score (nSPS) is 10.9. The molecule has 16 heavy (non-hydrogen) atoms. The Hall–Kier alpha value is -1.35. The third kappa shape index (κ3) is 4.03. The van der Waals surface area contributed by atoms with Crippen molar-refractivity contribution < 1.29 is 14.2 Å². The van der Waals surface area contributed by atoms with Crippen LogP contribution in [0.15, 0.2) is 24.3 Å². The first-order valence-corrected chi connectivity index (χ1v) is 5.47. The summed E-state index contributed by atoms with van der Waals surface area (Å²) in [5, 5.41) is 8.59. The maximum atomic E-state index is 13.5. The maximum absolute atomic E-state index is 13.5. The third-order valence-electron chi connectivity index (χ3n) is 2.13. The van der Waals surface area contributed by atoms with Gasteiger partial charge in [0.25, 0.3) is 0 Å². The van der Waals surface area contributed by atoms with Crippen LogP contribution in [-0.4, -0.2) is 18.3 Å². The summed E-state index contributed by atoms with van der Waals surface area (Å²) in [7, 11) is 0. The molecule has 0 radical (unpaired) electrons. The van der Waals surface area contributed by atoms with E-state index in [4.69, 9.17) is 9.84 Å². The van der Waals surface area contributed by atoms with Crippen LogP contribution in [0.4, 0.5) is 4.39 Å². The van der Waals surface area contributed by atoms with Gasteiger partial charge in [0, 0.05) is 0 Å². The zero-order valence-electron chi connectivity index (χ0n) is 9.45. The van der Waals surface area contributed by atoms with Crippen LogP contribution in [0.5, 0.6) is 5.75 Å². The van der Waals surface area contributed by atoms with E-state index in [1.165, 1.54) is 6.07 Å². The van der Waals surface area contributed by atoms with Gasteiger partial charge in [0.1, 0.15) is 0 Å². The van der Waals surface area contributed by atoms with Gasteiger partial charge in [-0.25, -0.2) is 4.39 Å². The van der Waals surface area contributed by atoms with Gasteiger partial charge >= 0.3 is 0 Å². The van der Waals surface area contributed by atoms with Crippen molar-refractivity contribution in [3.8, 4) is 5.75 Å². The first-order valence-electron chi connectivity index (χ1n) is 5.47. The van der Waals surface area contributed by atoms with Gasteiger partial charge in [-0.05, 0) is 24.1 Å². The summed E-state index contributed by atoms with van der Waals surface area (Å²) in [5.41, 5.74) is 0.717. The van der Waals surface area contributed by atoms with Gasteiger partial charge in [-0.1, -0.05) is 31.6 Å². The highest BCUT2D eigenvalue weighted by molar-refractivity contribution is 5.51. The van der Waals surface area contributed by atoms with Crippen LogP contribution in [0.2, 0.25) is 0 Å². The van der Waals surface area contributed by atoms with E-state index in [2.05, 4.69) is 6.92 Å². The Morgan fingerprint density at radius 1 is 1.44 bits per heavy atom. The largest absolute Gasteiger partial charge is 0.491 e. The second kappa shape index (κ2) is 7.01. The molecule has 1 aromatic carbocycles. The molecule has 1 aromatic rings. The molecule has 0 heterocycles. The van der Waals surface area contributed by atoms with Crippen molar-refractivity contribution in [2.24, 2.45) is 0 Å². The predicted octanol–water partition coefficient (Wildman–Crippen LogP) is 3.01. The highest BCUT2D eigenvalue weighted by atomic mass is 19.1.